The van der Waals surface area contributed by atoms with Crippen LogP contribution in [0.3, 0.4) is 0 Å². The van der Waals surface area contributed by atoms with Crippen LogP contribution in [0.4, 0.5) is 0 Å². The van der Waals surface area contributed by atoms with Crippen LogP contribution in [-0.4, -0.2) is 28.9 Å². The molecule has 1 heterocycles. The maximum Gasteiger partial charge on any atom is 0.229 e. The van der Waals surface area contributed by atoms with Crippen molar-refractivity contribution in [1.82, 2.24) is 9.88 Å². The number of rotatable bonds is 9. The minimum atomic E-state index is 0.129. The van der Waals surface area contributed by atoms with Crippen LogP contribution < -0.4 is 9.47 Å². The molecule has 0 aliphatic heterocycles. The third kappa shape index (κ3) is 5.39. The predicted octanol–water partition coefficient (Wildman–Crippen LogP) is 4.77. The Bertz CT molecular complexity index is 978. The number of nitrogens with zero attached hydrogens (tertiary/aromatic N) is 2. The standard InChI is InChI=1S/C24H26N2O3S/c1-17-3-9-22(10-4-17)29-15-23-25-19(16-30-23)13-24(27)26(20-7-8-20)14-18-5-11-21(28-2)12-6-18/h3-6,9-12,16,20H,7-8,13-15H2,1-2H3. The van der Waals surface area contributed by atoms with Gasteiger partial charge in [0.1, 0.15) is 23.1 Å². The molecule has 0 bridgehead atoms. The zero-order valence-corrected chi connectivity index (χ0v) is 18.2. The quantitative estimate of drug-likeness (QED) is 0.498. The van der Waals surface area contributed by atoms with Crippen molar-refractivity contribution in [1.29, 1.82) is 0 Å². The summed E-state index contributed by atoms with van der Waals surface area (Å²) in [7, 11) is 1.66. The van der Waals surface area contributed by atoms with Gasteiger partial charge >= 0.3 is 0 Å². The zero-order chi connectivity index (χ0) is 20.9. The number of ether oxygens (including phenoxy) is 2. The Kier molecular flexibility index (Phi) is 6.33. The summed E-state index contributed by atoms with van der Waals surface area (Å²) >= 11 is 1.54. The van der Waals surface area contributed by atoms with E-state index in [9.17, 15) is 4.79 Å². The number of hydrogen-bond acceptors (Lipinski definition) is 5. The van der Waals surface area contributed by atoms with Crippen LogP contribution in [0.25, 0.3) is 0 Å². The van der Waals surface area contributed by atoms with E-state index in [1.165, 1.54) is 16.9 Å². The van der Waals surface area contributed by atoms with E-state index in [1.807, 2.05) is 65.7 Å². The Balaban J connectivity index is 1.34. The van der Waals surface area contributed by atoms with Crippen LogP contribution in [0.5, 0.6) is 11.5 Å². The van der Waals surface area contributed by atoms with Gasteiger partial charge in [-0.25, -0.2) is 4.98 Å². The van der Waals surface area contributed by atoms with Crippen LogP contribution in [-0.2, 0) is 24.4 Å². The first-order chi connectivity index (χ1) is 14.6. The van der Waals surface area contributed by atoms with Crippen LogP contribution >= 0.6 is 11.3 Å². The first kappa shape index (κ1) is 20.4. The number of carbonyl (C=O) groups is 1. The van der Waals surface area contributed by atoms with Gasteiger partial charge in [0.15, 0.2) is 0 Å². The molecule has 0 saturated heterocycles. The van der Waals surface area contributed by atoms with Gasteiger partial charge in [-0.05, 0) is 49.6 Å². The lowest BCUT2D eigenvalue weighted by molar-refractivity contribution is -0.131. The summed E-state index contributed by atoms with van der Waals surface area (Å²) in [4.78, 5) is 19.6. The molecule has 156 valence electrons. The summed E-state index contributed by atoms with van der Waals surface area (Å²) in [5.41, 5.74) is 3.13. The predicted molar refractivity (Wildman–Crippen MR) is 118 cm³/mol. The average Bonchev–Trinajstić information content (AvgIpc) is 3.51. The molecule has 0 atom stereocenters. The highest BCUT2D eigenvalue weighted by Crippen LogP contribution is 2.29. The van der Waals surface area contributed by atoms with Crippen molar-refractivity contribution in [3.63, 3.8) is 0 Å². The van der Waals surface area contributed by atoms with Crippen molar-refractivity contribution in [3.05, 3.63) is 75.7 Å². The second-order valence-electron chi connectivity index (χ2n) is 7.61. The highest BCUT2D eigenvalue weighted by atomic mass is 32.1. The third-order valence-corrected chi connectivity index (χ3v) is 6.01. The van der Waals surface area contributed by atoms with E-state index < -0.39 is 0 Å². The Hall–Kier alpha value is -2.86. The lowest BCUT2D eigenvalue weighted by atomic mass is 10.2. The molecule has 4 rings (SSSR count). The summed E-state index contributed by atoms with van der Waals surface area (Å²) in [6.07, 6.45) is 2.48. The average molecular weight is 423 g/mol. The van der Waals surface area contributed by atoms with Gasteiger partial charge in [-0.15, -0.1) is 11.3 Å². The van der Waals surface area contributed by atoms with Crippen LogP contribution in [0.15, 0.2) is 53.9 Å². The van der Waals surface area contributed by atoms with Gasteiger partial charge in [0.25, 0.3) is 0 Å². The highest BCUT2D eigenvalue weighted by molar-refractivity contribution is 7.09. The molecule has 1 aliphatic rings. The van der Waals surface area contributed by atoms with Gasteiger partial charge < -0.3 is 14.4 Å². The highest BCUT2D eigenvalue weighted by Gasteiger charge is 2.32. The minimum Gasteiger partial charge on any atom is -0.497 e. The van der Waals surface area contributed by atoms with Crippen LogP contribution in [0.1, 0.15) is 34.7 Å². The second-order valence-corrected chi connectivity index (χ2v) is 8.55. The van der Waals surface area contributed by atoms with Crippen molar-refractivity contribution in [2.24, 2.45) is 0 Å². The largest absolute Gasteiger partial charge is 0.497 e. The van der Waals surface area contributed by atoms with Crippen molar-refractivity contribution < 1.29 is 14.3 Å². The molecule has 0 unspecified atom stereocenters. The van der Waals surface area contributed by atoms with E-state index in [1.54, 1.807) is 7.11 Å². The molecule has 1 aromatic heterocycles. The minimum absolute atomic E-state index is 0.129. The Morgan fingerprint density at radius 1 is 1.10 bits per heavy atom. The summed E-state index contributed by atoms with van der Waals surface area (Å²) in [5, 5.41) is 2.84. The molecule has 1 saturated carbocycles. The second kappa shape index (κ2) is 9.30. The fourth-order valence-corrected chi connectivity index (χ4v) is 3.97. The topological polar surface area (TPSA) is 51.7 Å². The molecule has 1 amide bonds. The number of amides is 1. The monoisotopic (exact) mass is 422 g/mol. The van der Waals surface area contributed by atoms with Gasteiger partial charge in [-0.3, -0.25) is 4.79 Å². The summed E-state index contributed by atoms with van der Waals surface area (Å²) in [6.45, 7) is 3.09. The number of thiazole rings is 1. The fraction of sp³-hybridized carbons (Fsp3) is 0.333. The maximum atomic E-state index is 13.0. The van der Waals surface area contributed by atoms with Crippen LogP contribution in [0, 0.1) is 6.92 Å². The molecule has 1 fully saturated rings. The number of aromatic nitrogens is 1. The molecule has 0 radical (unpaired) electrons. The number of methoxy groups -OCH3 is 1. The molecule has 0 N–H and O–H groups in total. The van der Waals surface area contributed by atoms with Gasteiger partial charge in [0.05, 0.1) is 19.2 Å². The summed E-state index contributed by atoms with van der Waals surface area (Å²) in [5.74, 6) is 1.78. The first-order valence-electron chi connectivity index (χ1n) is 10.2. The smallest absolute Gasteiger partial charge is 0.229 e. The van der Waals surface area contributed by atoms with E-state index in [-0.39, 0.29) is 5.91 Å². The molecule has 6 heteroatoms. The number of aryl methyl sites for hydroxylation is 1. The Labute approximate surface area is 181 Å². The van der Waals surface area contributed by atoms with E-state index in [0.717, 1.165) is 40.6 Å². The van der Waals surface area contributed by atoms with Gasteiger partial charge in [-0.1, -0.05) is 29.8 Å². The molecule has 2 aromatic carbocycles. The molecule has 5 nitrogen and oxygen atoms in total. The number of carbonyl (C=O) groups excluding carboxylic acids is 1. The van der Waals surface area contributed by atoms with Crippen molar-refractivity contribution in [2.75, 3.05) is 7.11 Å². The van der Waals surface area contributed by atoms with E-state index in [2.05, 4.69) is 4.98 Å². The molecule has 0 spiro atoms. The lowest BCUT2D eigenvalue weighted by Gasteiger charge is -2.22. The van der Waals surface area contributed by atoms with E-state index >= 15 is 0 Å². The zero-order valence-electron chi connectivity index (χ0n) is 17.3. The summed E-state index contributed by atoms with van der Waals surface area (Å²) in [6, 6.07) is 16.2. The molecular formula is C24H26N2O3S. The van der Waals surface area contributed by atoms with E-state index in [4.69, 9.17) is 9.47 Å². The van der Waals surface area contributed by atoms with Gasteiger partial charge in [-0.2, -0.15) is 0 Å². The van der Waals surface area contributed by atoms with Gasteiger partial charge in [0.2, 0.25) is 5.91 Å². The Morgan fingerprint density at radius 3 is 2.47 bits per heavy atom. The van der Waals surface area contributed by atoms with Gasteiger partial charge in [0, 0.05) is 18.0 Å². The molecular weight excluding hydrogens is 396 g/mol. The van der Waals surface area contributed by atoms with Crippen molar-refractivity contribution in [3.8, 4) is 11.5 Å². The SMILES string of the molecule is COc1ccc(CN(C(=O)Cc2csc(COc3ccc(C)cc3)n2)C2CC2)cc1. The van der Waals surface area contributed by atoms with Crippen LogP contribution in [0.2, 0.25) is 0 Å². The summed E-state index contributed by atoms with van der Waals surface area (Å²) < 4.78 is 11.0. The third-order valence-electron chi connectivity index (χ3n) is 5.13. The van der Waals surface area contributed by atoms with Crippen molar-refractivity contribution in [2.45, 2.75) is 45.4 Å². The van der Waals surface area contributed by atoms with E-state index in [0.29, 0.717) is 25.6 Å². The number of hydrogen-bond donors (Lipinski definition) is 0. The number of benzene rings is 2. The lowest BCUT2D eigenvalue weighted by Crippen LogP contribution is -2.33. The van der Waals surface area contributed by atoms with Crippen molar-refractivity contribution >= 4 is 17.2 Å². The maximum absolute atomic E-state index is 13.0. The molecule has 1 aliphatic carbocycles. The molecule has 30 heavy (non-hydrogen) atoms. The first-order valence-corrected chi connectivity index (χ1v) is 11.0. The Morgan fingerprint density at radius 2 is 1.80 bits per heavy atom. The normalized spacial score (nSPS) is 13.1. The molecule has 3 aromatic rings. The fourth-order valence-electron chi connectivity index (χ4n) is 3.27.